The van der Waals surface area contributed by atoms with Crippen LogP contribution in [-0.2, 0) is 13.0 Å². The quantitative estimate of drug-likeness (QED) is 0.250. The second kappa shape index (κ2) is 10.6. The number of allylic oxidation sites excluding steroid dienone is 1. The van der Waals surface area contributed by atoms with Gasteiger partial charge in [-0.05, 0) is 63.2 Å². The van der Waals surface area contributed by atoms with Crippen molar-refractivity contribution in [1.29, 1.82) is 5.26 Å². The molecule has 0 saturated heterocycles. The topological polar surface area (TPSA) is 99.0 Å². The van der Waals surface area contributed by atoms with E-state index in [1.54, 1.807) is 12.3 Å². The van der Waals surface area contributed by atoms with Crippen LogP contribution >= 0.6 is 0 Å². The number of rotatable bonds is 8. The van der Waals surface area contributed by atoms with E-state index in [9.17, 15) is 0 Å². The fourth-order valence-electron chi connectivity index (χ4n) is 5.13. The molecule has 0 fully saturated rings. The minimum absolute atomic E-state index is 0.484. The van der Waals surface area contributed by atoms with Crippen LogP contribution in [0.15, 0.2) is 48.8 Å². The third-order valence-electron chi connectivity index (χ3n) is 7.15. The Morgan fingerprint density at radius 2 is 2.05 bits per heavy atom. The van der Waals surface area contributed by atoms with Gasteiger partial charge in [0.05, 0.1) is 28.7 Å². The maximum absolute atomic E-state index is 9.16. The van der Waals surface area contributed by atoms with Gasteiger partial charge in [-0.3, -0.25) is 0 Å². The molecular formula is C30H34N8. The number of nitrogens with two attached hydrogens (primary N) is 1. The largest absolute Gasteiger partial charge is 0.397 e. The molecule has 5 rings (SSSR count). The minimum Gasteiger partial charge on any atom is -0.397 e. The summed E-state index contributed by atoms with van der Waals surface area (Å²) in [6.07, 6.45) is 9.40. The van der Waals surface area contributed by atoms with Crippen LogP contribution in [0.25, 0.3) is 28.2 Å². The highest BCUT2D eigenvalue weighted by molar-refractivity contribution is 5.99. The predicted molar refractivity (Wildman–Crippen MR) is 157 cm³/mol. The number of para-hydroxylation sites is 1. The molecule has 3 heterocycles. The average Bonchev–Trinajstić information content (AvgIpc) is 3.28. The molecular weight excluding hydrogens is 472 g/mol. The molecule has 0 radical (unpaired) electrons. The number of nitrogen functional groups attached to an aromatic ring is 1. The molecule has 0 aliphatic carbocycles. The number of aromatic nitrogens is 3. The van der Waals surface area contributed by atoms with Crippen LogP contribution in [0.5, 0.6) is 0 Å². The highest BCUT2D eigenvalue weighted by Gasteiger charge is 2.20. The lowest BCUT2D eigenvalue weighted by atomic mass is 10.0. The Morgan fingerprint density at radius 1 is 1.21 bits per heavy atom. The third-order valence-corrected chi connectivity index (χ3v) is 7.15. The molecule has 38 heavy (non-hydrogen) atoms. The molecule has 0 saturated carbocycles. The molecule has 0 bridgehead atoms. The fourth-order valence-corrected chi connectivity index (χ4v) is 5.13. The number of benzene rings is 2. The van der Waals surface area contributed by atoms with Gasteiger partial charge in [0.1, 0.15) is 0 Å². The molecule has 4 aromatic rings. The van der Waals surface area contributed by atoms with Gasteiger partial charge in [-0.2, -0.15) is 5.26 Å². The van der Waals surface area contributed by atoms with Gasteiger partial charge < -0.3 is 25.4 Å². The lowest BCUT2D eigenvalue weighted by Crippen LogP contribution is -2.29. The smallest absolute Gasteiger partial charge is 0.227 e. The number of nitrogens with one attached hydrogen (secondary N) is 1. The Balaban J connectivity index is 1.52. The van der Waals surface area contributed by atoms with Gasteiger partial charge in [-0.15, -0.1) is 0 Å². The Kier molecular flexibility index (Phi) is 7.03. The Morgan fingerprint density at radius 3 is 2.84 bits per heavy atom. The summed E-state index contributed by atoms with van der Waals surface area (Å²) >= 11 is 0. The third kappa shape index (κ3) is 4.93. The van der Waals surface area contributed by atoms with E-state index < -0.39 is 0 Å². The number of likely N-dealkylation sites (N-methyl/N-ethyl adjacent to an activating group) is 2. The molecule has 3 N–H and O–H groups in total. The summed E-state index contributed by atoms with van der Waals surface area (Å²) < 4.78 is 2.33. The van der Waals surface area contributed by atoms with E-state index in [2.05, 4.69) is 89.3 Å². The average molecular weight is 507 g/mol. The second-order valence-corrected chi connectivity index (χ2v) is 10.2. The van der Waals surface area contributed by atoms with Crippen molar-refractivity contribution in [3.8, 4) is 17.3 Å². The Labute approximate surface area is 224 Å². The normalized spacial score (nSPS) is 12.8. The maximum atomic E-state index is 9.16. The Bertz CT molecular complexity index is 1560. The van der Waals surface area contributed by atoms with Crippen LogP contribution in [0.1, 0.15) is 23.1 Å². The number of nitrogens with zero attached hydrogens (tertiary/aromatic N) is 6. The molecule has 194 valence electrons. The van der Waals surface area contributed by atoms with Crippen molar-refractivity contribution in [2.75, 3.05) is 50.2 Å². The number of aryl methyl sites for hydroxylation is 3. The molecule has 0 amide bonds. The second-order valence-electron chi connectivity index (χ2n) is 10.2. The van der Waals surface area contributed by atoms with Crippen LogP contribution in [-0.4, -0.2) is 53.7 Å². The molecule has 1 aliphatic rings. The highest BCUT2D eigenvalue weighted by Crippen LogP contribution is 2.37. The maximum Gasteiger partial charge on any atom is 0.227 e. The number of hydrogen-bond acceptors (Lipinski definition) is 7. The summed E-state index contributed by atoms with van der Waals surface area (Å²) in [4.78, 5) is 13.9. The van der Waals surface area contributed by atoms with Crippen LogP contribution in [0, 0.1) is 18.3 Å². The van der Waals surface area contributed by atoms with Crippen molar-refractivity contribution in [1.82, 2.24) is 19.4 Å². The van der Waals surface area contributed by atoms with E-state index in [1.165, 1.54) is 22.5 Å². The van der Waals surface area contributed by atoms with Gasteiger partial charge in [0.2, 0.25) is 5.95 Å². The standard InChI is InChI=1S/C30H34N8/c1-20-16-27(37(4)15-14-36(2)3)25(32)17-26(20)34-30-33-18-22(9-6-12-31)28(35-30)24-19-38-13-7-10-21-8-5-11-23(24)29(21)38/h5-6,8-9,11,16-19H,7,10,13-15,32H2,1-4H3,(H,33,34,35). The summed E-state index contributed by atoms with van der Waals surface area (Å²) in [7, 11) is 6.19. The van der Waals surface area contributed by atoms with Crippen LogP contribution in [0.2, 0.25) is 0 Å². The summed E-state index contributed by atoms with van der Waals surface area (Å²) in [6, 6.07) is 12.6. The minimum atomic E-state index is 0.484. The van der Waals surface area contributed by atoms with Crippen LogP contribution in [0.4, 0.5) is 23.0 Å². The van der Waals surface area contributed by atoms with E-state index >= 15 is 0 Å². The fraction of sp³-hybridized carbons (Fsp3) is 0.300. The number of nitriles is 1. The number of anilines is 4. The number of hydrogen-bond donors (Lipinski definition) is 2. The first-order valence-corrected chi connectivity index (χ1v) is 12.9. The molecule has 0 spiro atoms. The van der Waals surface area contributed by atoms with Crippen molar-refractivity contribution in [2.45, 2.75) is 26.3 Å². The van der Waals surface area contributed by atoms with Crippen LogP contribution in [0.3, 0.4) is 0 Å². The van der Waals surface area contributed by atoms with Gasteiger partial charge in [0.15, 0.2) is 0 Å². The molecule has 1 aliphatic heterocycles. The summed E-state index contributed by atoms with van der Waals surface area (Å²) in [5, 5.41) is 13.7. The zero-order chi connectivity index (χ0) is 26.8. The van der Waals surface area contributed by atoms with E-state index in [-0.39, 0.29) is 0 Å². The first kappa shape index (κ1) is 25.3. The van der Waals surface area contributed by atoms with Gasteiger partial charge in [0.25, 0.3) is 0 Å². The highest BCUT2D eigenvalue weighted by atomic mass is 15.2. The summed E-state index contributed by atoms with van der Waals surface area (Å²) in [5.74, 6) is 0.484. The van der Waals surface area contributed by atoms with Gasteiger partial charge in [-0.1, -0.05) is 18.2 Å². The SMILES string of the molecule is Cc1cc(N(C)CCN(C)C)c(N)cc1Nc1ncc(C=CC#N)c(-c2cn3c4c(cccc24)CCC3)n1. The summed E-state index contributed by atoms with van der Waals surface area (Å²) in [5.41, 5.74) is 15.4. The van der Waals surface area contributed by atoms with Gasteiger partial charge >= 0.3 is 0 Å². The van der Waals surface area contributed by atoms with Gasteiger partial charge in [-0.25, -0.2) is 9.97 Å². The molecule has 2 aromatic heterocycles. The van der Waals surface area contributed by atoms with Crippen LogP contribution < -0.4 is 16.0 Å². The van der Waals surface area contributed by atoms with E-state index in [1.807, 2.05) is 6.07 Å². The van der Waals surface area contributed by atoms with Gasteiger partial charge in [0, 0.05) is 67.4 Å². The first-order chi connectivity index (χ1) is 18.4. The zero-order valence-electron chi connectivity index (χ0n) is 22.5. The monoisotopic (exact) mass is 506 g/mol. The van der Waals surface area contributed by atoms with Crippen molar-refractivity contribution in [2.24, 2.45) is 0 Å². The van der Waals surface area contributed by atoms with Crippen molar-refractivity contribution < 1.29 is 0 Å². The van der Waals surface area contributed by atoms with Crippen molar-refractivity contribution in [3.63, 3.8) is 0 Å². The lowest BCUT2D eigenvalue weighted by Gasteiger charge is -2.24. The molecule has 2 aromatic carbocycles. The zero-order valence-corrected chi connectivity index (χ0v) is 22.5. The predicted octanol–water partition coefficient (Wildman–Crippen LogP) is 5.21. The molecule has 8 nitrogen and oxygen atoms in total. The van der Waals surface area contributed by atoms with E-state index in [4.69, 9.17) is 16.0 Å². The lowest BCUT2D eigenvalue weighted by molar-refractivity contribution is 0.416. The van der Waals surface area contributed by atoms with E-state index in [0.29, 0.717) is 11.6 Å². The molecule has 0 atom stereocenters. The van der Waals surface area contributed by atoms with Crippen molar-refractivity contribution >= 4 is 40.0 Å². The Hall–Kier alpha value is -4.35. The first-order valence-electron chi connectivity index (χ1n) is 12.9. The summed E-state index contributed by atoms with van der Waals surface area (Å²) in [6.45, 7) is 4.86. The van der Waals surface area contributed by atoms with Crippen molar-refractivity contribution in [3.05, 3.63) is 65.5 Å². The molecule has 8 heteroatoms. The van der Waals surface area contributed by atoms with E-state index in [0.717, 1.165) is 66.2 Å². The molecule has 0 unspecified atom stereocenters.